The van der Waals surface area contributed by atoms with E-state index in [1.165, 1.54) is 7.11 Å². The summed E-state index contributed by atoms with van der Waals surface area (Å²) in [6.45, 7) is 4.69. The summed E-state index contributed by atoms with van der Waals surface area (Å²) < 4.78 is 16.3. The lowest BCUT2D eigenvalue weighted by Crippen LogP contribution is -2.67. The SMILES string of the molecule is CCOc1ccc(C2C3=C(COC3=O)NC3C2C(=O)NC(=O)N3CC)cc1OC. The van der Waals surface area contributed by atoms with Crippen LogP contribution >= 0.6 is 0 Å². The summed E-state index contributed by atoms with van der Waals surface area (Å²) in [4.78, 5) is 39.3. The number of ether oxygens (including phenoxy) is 3. The highest BCUT2D eigenvalue weighted by molar-refractivity contribution is 6.02. The van der Waals surface area contributed by atoms with Crippen LogP contribution in [0.3, 0.4) is 0 Å². The van der Waals surface area contributed by atoms with E-state index in [4.69, 9.17) is 14.2 Å². The van der Waals surface area contributed by atoms with Gasteiger partial charge in [0.15, 0.2) is 11.5 Å². The second-order valence-corrected chi connectivity index (χ2v) is 6.98. The molecule has 1 aromatic rings. The number of benzene rings is 1. The number of fused-ring (bicyclic) bond motifs is 1. The molecule has 154 valence electrons. The Hall–Kier alpha value is -3.23. The minimum Gasteiger partial charge on any atom is -0.493 e. The van der Waals surface area contributed by atoms with E-state index < -0.39 is 35.9 Å². The Balaban J connectivity index is 1.85. The van der Waals surface area contributed by atoms with Gasteiger partial charge < -0.3 is 24.4 Å². The maximum Gasteiger partial charge on any atom is 0.336 e. The highest BCUT2D eigenvalue weighted by Crippen LogP contribution is 2.45. The molecule has 0 spiro atoms. The predicted molar refractivity (Wildman–Crippen MR) is 101 cm³/mol. The van der Waals surface area contributed by atoms with E-state index in [0.29, 0.717) is 41.5 Å². The number of carbonyl (C=O) groups is 3. The third-order valence-electron chi connectivity index (χ3n) is 5.54. The number of methoxy groups -OCH3 is 1. The third kappa shape index (κ3) is 2.97. The molecule has 3 heterocycles. The van der Waals surface area contributed by atoms with Gasteiger partial charge in [0.2, 0.25) is 5.91 Å². The summed E-state index contributed by atoms with van der Waals surface area (Å²) in [6, 6.07) is 4.90. The molecule has 0 bridgehead atoms. The second-order valence-electron chi connectivity index (χ2n) is 6.98. The van der Waals surface area contributed by atoms with Crippen LogP contribution in [-0.2, 0) is 14.3 Å². The summed E-state index contributed by atoms with van der Waals surface area (Å²) in [6.07, 6.45) is -0.572. The van der Waals surface area contributed by atoms with Crippen molar-refractivity contribution in [1.29, 1.82) is 0 Å². The molecular weight excluding hydrogens is 378 g/mol. The van der Waals surface area contributed by atoms with Crippen molar-refractivity contribution in [3.05, 3.63) is 35.0 Å². The van der Waals surface area contributed by atoms with Gasteiger partial charge >= 0.3 is 12.0 Å². The highest BCUT2D eigenvalue weighted by Gasteiger charge is 2.53. The summed E-state index contributed by atoms with van der Waals surface area (Å²) in [5.74, 6) is -1.09. The van der Waals surface area contributed by atoms with Gasteiger partial charge in [0.25, 0.3) is 0 Å². The zero-order valence-corrected chi connectivity index (χ0v) is 16.5. The Morgan fingerprint density at radius 3 is 2.69 bits per heavy atom. The molecule has 1 aromatic carbocycles. The molecular formula is C20H23N3O6. The molecule has 3 aliphatic rings. The lowest BCUT2D eigenvalue weighted by atomic mass is 9.74. The van der Waals surface area contributed by atoms with Gasteiger partial charge in [-0.05, 0) is 31.5 Å². The topological polar surface area (TPSA) is 106 Å². The first-order valence-corrected chi connectivity index (χ1v) is 9.59. The number of nitrogens with zero attached hydrogens (tertiary/aromatic N) is 1. The van der Waals surface area contributed by atoms with Crippen LogP contribution < -0.4 is 20.1 Å². The van der Waals surface area contributed by atoms with Crippen LogP contribution in [0.1, 0.15) is 25.3 Å². The largest absolute Gasteiger partial charge is 0.493 e. The Labute approximate surface area is 168 Å². The molecule has 3 aliphatic heterocycles. The molecule has 9 heteroatoms. The zero-order chi connectivity index (χ0) is 20.7. The third-order valence-corrected chi connectivity index (χ3v) is 5.54. The summed E-state index contributed by atoms with van der Waals surface area (Å²) in [7, 11) is 1.53. The van der Waals surface area contributed by atoms with E-state index in [0.717, 1.165) is 0 Å². The fourth-order valence-corrected chi connectivity index (χ4v) is 4.30. The van der Waals surface area contributed by atoms with Gasteiger partial charge in [0, 0.05) is 12.5 Å². The van der Waals surface area contributed by atoms with Crippen molar-refractivity contribution >= 4 is 17.9 Å². The zero-order valence-electron chi connectivity index (χ0n) is 16.5. The van der Waals surface area contributed by atoms with Crippen molar-refractivity contribution in [2.24, 2.45) is 5.92 Å². The molecule has 3 atom stereocenters. The van der Waals surface area contributed by atoms with Gasteiger partial charge in [0.1, 0.15) is 12.8 Å². The van der Waals surface area contributed by atoms with Crippen molar-refractivity contribution in [2.45, 2.75) is 25.9 Å². The standard InChI is InChI=1S/C20H23N3O6/c1-4-23-17-16(18(24)22-20(23)26)14(15-11(21-17)9-29-19(15)25)10-6-7-12(28-5-2)13(8-10)27-3/h6-8,14,16-17,21H,4-5,9H2,1-3H3,(H,22,24,26). The maximum absolute atomic E-state index is 12.9. The molecule has 1 saturated heterocycles. The minimum absolute atomic E-state index is 0.0927. The number of imide groups is 1. The van der Waals surface area contributed by atoms with E-state index in [-0.39, 0.29) is 6.61 Å². The monoisotopic (exact) mass is 401 g/mol. The van der Waals surface area contributed by atoms with Gasteiger partial charge in [0.05, 0.1) is 30.9 Å². The lowest BCUT2D eigenvalue weighted by molar-refractivity contribution is -0.136. The number of carbonyl (C=O) groups excluding carboxylic acids is 3. The molecule has 0 saturated carbocycles. The number of rotatable bonds is 5. The van der Waals surface area contributed by atoms with E-state index in [2.05, 4.69) is 10.6 Å². The maximum atomic E-state index is 12.9. The van der Waals surface area contributed by atoms with Gasteiger partial charge in [-0.1, -0.05) is 6.07 Å². The van der Waals surface area contributed by atoms with E-state index in [1.54, 1.807) is 17.0 Å². The van der Waals surface area contributed by atoms with Crippen molar-refractivity contribution in [1.82, 2.24) is 15.5 Å². The second kappa shape index (κ2) is 7.31. The summed E-state index contributed by atoms with van der Waals surface area (Å²) in [5.41, 5.74) is 1.74. The Morgan fingerprint density at radius 2 is 2.00 bits per heavy atom. The van der Waals surface area contributed by atoms with Crippen LogP contribution in [0.4, 0.5) is 4.79 Å². The van der Waals surface area contributed by atoms with Gasteiger partial charge in [-0.3, -0.25) is 10.1 Å². The number of hydrogen-bond donors (Lipinski definition) is 2. The van der Waals surface area contributed by atoms with Gasteiger partial charge in [-0.15, -0.1) is 0 Å². The van der Waals surface area contributed by atoms with E-state index in [1.807, 2.05) is 19.9 Å². The van der Waals surface area contributed by atoms with Crippen molar-refractivity contribution in [2.75, 3.05) is 26.9 Å². The lowest BCUT2D eigenvalue weighted by Gasteiger charge is -2.46. The molecule has 3 unspecified atom stereocenters. The van der Waals surface area contributed by atoms with Crippen LogP contribution in [0.15, 0.2) is 29.5 Å². The number of hydrogen-bond acceptors (Lipinski definition) is 7. The normalized spacial score (nSPS) is 25.7. The van der Waals surface area contributed by atoms with Crippen LogP contribution in [0.25, 0.3) is 0 Å². The Bertz CT molecular complexity index is 911. The molecule has 0 aromatic heterocycles. The number of urea groups is 1. The highest BCUT2D eigenvalue weighted by atomic mass is 16.5. The number of esters is 1. The number of nitrogens with one attached hydrogen (secondary N) is 2. The van der Waals surface area contributed by atoms with Crippen molar-refractivity contribution in [3.8, 4) is 11.5 Å². The first-order valence-electron chi connectivity index (χ1n) is 9.59. The summed E-state index contributed by atoms with van der Waals surface area (Å²) in [5, 5.41) is 5.60. The predicted octanol–water partition coefficient (Wildman–Crippen LogP) is 1.11. The quantitative estimate of drug-likeness (QED) is 0.712. The van der Waals surface area contributed by atoms with Crippen LogP contribution in [-0.4, -0.2) is 55.8 Å². The molecule has 0 radical (unpaired) electrons. The fourth-order valence-electron chi connectivity index (χ4n) is 4.30. The molecule has 4 rings (SSSR count). The van der Waals surface area contributed by atoms with Gasteiger partial charge in [-0.2, -0.15) is 0 Å². The first kappa shape index (κ1) is 19.1. The molecule has 1 fully saturated rings. The van der Waals surface area contributed by atoms with E-state index >= 15 is 0 Å². The number of amides is 3. The molecule has 9 nitrogen and oxygen atoms in total. The molecule has 29 heavy (non-hydrogen) atoms. The Kier molecular flexibility index (Phi) is 4.81. The fraction of sp³-hybridized carbons (Fsp3) is 0.450. The average molecular weight is 401 g/mol. The molecule has 2 N–H and O–H groups in total. The van der Waals surface area contributed by atoms with Gasteiger partial charge in [-0.25, -0.2) is 9.59 Å². The average Bonchev–Trinajstić information content (AvgIpc) is 3.08. The van der Waals surface area contributed by atoms with E-state index in [9.17, 15) is 14.4 Å². The first-order chi connectivity index (χ1) is 14.0. The minimum atomic E-state index is -0.695. The summed E-state index contributed by atoms with van der Waals surface area (Å²) >= 11 is 0. The molecule has 0 aliphatic carbocycles. The van der Waals surface area contributed by atoms with Crippen LogP contribution in [0, 0.1) is 5.92 Å². The Morgan fingerprint density at radius 1 is 1.21 bits per heavy atom. The van der Waals surface area contributed by atoms with Crippen LogP contribution in [0.2, 0.25) is 0 Å². The van der Waals surface area contributed by atoms with Crippen LogP contribution in [0.5, 0.6) is 11.5 Å². The van der Waals surface area contributed by atoms with Crippen molar-refractivity contribution < 1.29 is 28.6 Å². The smallest absolute Gasteiger partial charge is 0.336 e. The van der Waals surface area contributed by atoms with Crippen molar-refractivity contribution in [3.63, 3.8) is 0 Å². The molecule has 3 amide bonds. The number of cyclic esters (lactones) is 1.